The summed E-state index contributed by atoms with van der Waals surface area (Å²) in [5.41, 5.74) is 1.10. The minimum atomic E-state index is -0.251. The Morgan fingerprint density at radius 1 is 1.03 bits per heavy atom. The number of likely N-dealkylation sites (tertiary alicyclic amines) is 1. The maximum Gasteiger partial charge on any atom is 0.260 e. The molecule has 1 heterocycles. The molecule has 3 rings (SSSR count). The summed E-state index contributed by atoms with van der Waals surface area (Å²) in [5, 5.41) is 2.84. The Kier molecular flexibility index (Phi) is 6.75. The molecule has 154 valence electrons. The third-order valence-corrected chi connectivity index (χ3v) is 5.31. The van der Waals surface area contributed by atoms with Gasteiger partial charge in [0.2, 0.25) is 0 Å². The molecule has 1 fully saturated rings. The lowest BCUT2D eigenvalue weighted by molar-refractivity contribution is -0.139. The molecule has 6 nitrogen and oxygen atoms in total. The van der Waals surface area contributed by atoms with E-state index < -0.39 is 0 Å². The first-order valence-corrected chi connectivity index (χ1v) is 9.98. The largest absolute Gasteiger partial charge is 0.496 e. The highest BCUT2D eigenvalue weighted by Gasteiger charge is 2.28. The number of hydrogen-bond acceptors (Lipinski definition) is 4. The summed E-state index contributed by atoms with van der Waals surface area (Å²) >= 11 is 0. The summed E-state index contributed by atoms with van der Waals surface area (Å²) < 4.78 is 10.9. The highest BCUT2D eigenvalue weighted by Crippen LogP contribution is 2.24. The quantitative estimate of drug-likeness (QED) is 0.798. The van der Waals surface area contributed by atoms with Gasteiger partial charge in [-0.15, -0.1) is 0 Å². The molecular formula is C23H28N2O4. The molecule has 29 heavy (non-hydrogen) atoms. The van der Waals surface area contributed by atoms with Crippen LogP contribution >= 0.6 is 0 Å². The summed E-state index contributed by atoms with van der Waals surface area (Å²) in [4.78, 5) is 26.9. The van der Waals surface area contributed by atoms with Crippen LogP contribution in [0.25, 0.3) is 0 Å². The van der Waals surface area contributed by atoms with E-state index in [9.17, 15) is 9.59 Å². The second-order valence-electron chi connectivity index (χ2n) is 7.40. The highest BCUT2D eigenvalue weighted by atomic mass is 16.5. The van der Waals surface area contributed by atoms with Gasteiger partial charge in [0.1, 0.15) is 11.5 Å². The molecule has 0 spiro atoms. The van der Waals surface area contributed by atoms with E-state index in [-0.39, 0.29) is 30.5 Å². The normalized spacial score (nSPS) is 18.8. The summed E-state index contributed by atoms with van der Waals surface area (Å²) in [6.45, 7) is 4.20. The number of ether oxygens (including phenoxy) is 2. The summed E-state index contributed by atoms with van der Waals surface area (Å²) in [6, 6.07) is 14.5. The SMILES string of the molecule is COc1ccccc1C(=O)Nc1ccc(OCC(=O)N2[C@H](C)CCC[C@@H]2C)cc1. The average molecular weight is 396 g/mol. The van der Waals surface area contributed by atoms with Crippen LogP contribution in [-0.4, -0.2) is 42.5 Å². The van der Waals surface area contributed by atoms with Gasteiger partial charge in [-0.2, -0.15) is 0 Å². The second-order valence-corrected chi connectivity index (χ2v) is 7.40. The van der Waals surface area contributed by atoms with Crippen LogP contribution in [0.2, 0.25) is 0 Å². The van der Waals surface area contributed by atoms with E-state index in [2.05, 4.69) is 19.2 Å². The molecular weight excluding hydrogens is 368 g/mol. The van der Waals surface area contributed by atoms with Crippen molar-refractivity contribution in [2.45, 2.75) is 45.2 Å². The van der Waals surface area contributed by atoms with Crippen LogP contribution in [-0.2, 0) is 4.79 Å². The zero-order valence-corrected chi connectivity index (χ0v) is 17.2. The van der Waals surface area contributed by atoms with E-state index in [1.807, 2.05) is 11.0 Å². The predicted molar refractivity (Wildman–Crippen MR) is 113 cm³/mol. The number of benzene rings is 2. The molecule has 0 saturated carbocycles. The molecule has 2 aromatic rings. The third-order valence-electron chi connectivity index (χ3n) is 5.31. The molecule has 2 atom stereocenters. The molecule has 0 bridgehead atoms. The third kappa shape index (κ3) is 5.08. The van der Waals surface area contributed by atoms with Crippen LogP contribution < -0.4 is 14.8 Å². The Labute approximate surface area is 171 Å². The van der Waals surface area contributed by atoms with E-state index >= 15 is 0 Å². The van der Waals surface area contributed by atoms with E-state index in [0.29, 0.717) is 22.7 Å². The number of anilines is 1. The Balaban J connectivity index is 1.56. The van der Waals surface area contributed by atoms with Gasteiger partial charge in [0.25, 0.3) is 11.8 Å². The maximum absolute atomic E-state index is 12.6. The van der Waals surface area contributed by atoms with Crippen LogP contribution in [0.5, 0.6) is 11.5 Å². The van der Waals surface area contributed by atoms with E-state index in [1.54, 1.807) is 42.5 Å². The van der Waals surface area contributed by atoms with Crippen molar-refractivity contribution in [3.05, 3.63) is 54.1 Å². The molecule has 6 heteroatoms. The van der Waals surface area contributed by atoms with Gasteiger partial charge in [0, 0.05) is 17.8 Å². The van der Waals surface area contributed by atoms with Gasteiger partial charge in [-0.3, -0.25) is 9.59 Å². The van der Waals surface area contributed by atoms with Crippen LogP contribution in [0.4, 0.5) is 5.69 Å². The molecule has 0 unspecified atom stereocenters. The lowest BCUT2D eigenvalue weighted by Crippen LogP contribution is -2.49. The molecule has 1 aliphatic heterocycles. The van der Waals surface area contributed by atoms with Crippen LogP contribution in [0.1, 0.15) is 43.5 Å². The number of hydrogen-bond donors (Lipinski definition) is 1. The van der Waals surface area contributed by atoms with Gasteiger partial charge >= 0.3 is 0 Å². The number of rotatable bonds is 6. The fraction of sp³-hybridized carbons (Fsp3) is 0.391. The zero-order chi connectivity index (χ0) is 20.8. The number of amides is 2. The number of piperidine rings is 1. The van der Waals surface area contributed by atoms with Crippen LogP contribution in [0.3, 0.4) is 0 Å². The number of nitrogens with zero attached hydrogens (tertiary/aromatic N) is 1. The van der Waals surface area contributed by atoms with Crippen molar-refractivity contribution < 1.29 is 19.1 Å². The highest BCUT2D eigenvalue weighted by molar-refractivity contribution is 6.06. The first kappa shape index (κ1) is 20.7. The van der Waals surface area contributed by atoms with Gasteiger partial charge in [-0.1, -0.05) is 12.1 Å². The summed E-state index contributed by atoms with van der Waals surface area (Å²) in [6.07, 6.45) is 3.24. The monoisotopic (exact) mass is 396 g/mol. The van der Waals surface area contributed by atoms with E-state index in [0.717, 1.165) is 19.3 Å². The number of carbonyl (C=O) groups excluding carboxylic acids is 2. The minimum absolute atomic E-state index is 0.0123. The molecule has 0 aliphatic carbocycles. The van der Waals surface area contributed by atoms with Crippen molar-refractivity contribution in [1.29, 1.82) is 0 Å². The topological polar surface area (TPSA) is 67.9 Å². The number of nitrogens with one attached hydrogen (secondary N) is 1. The number of para-hydroxylation sites is 1. The zero-order valence-electron chi connectivity index (χ0n) is 17.2. The van der Waals surface area contributed by atoms with Gasteiger partial charge in [-0.25, -0.2) is 0 Å². The molecule has 2 aromatic carbocycles. The molecule has 0 radical (unpaired) electrons. The van der Waals surface area contributed by atoms with Crippen molar-refractivity contribution in [1.82, 2.24) is 4.90 Å². The lowest BCUT2D eigenvalue weighted by Gasteiger charge is -2.38. The Bertz CT molecular complexity index is 840. The molecule has 0 aromatic heterocycles. The number of carbonyl (C=O) groups is 2. The summed E-state index contributed by atoms with van der Waals surface area (Å²) in [7, 11) is 1.53. The Morgan fingerprint density at radius 2 is 1.69 bits per heavy atom. The molecule has 1 saturated heterocycles. The minimum Gasteiger partial charge on any atom is -0.496 e. The van der Waals surface area contributed by atoms with Crippen LogP contribution in [0, 0.1) is 0 Å². The predicted octanol–water partition coefficient (Wildman–Crippen LogP) is 4.12. The molecule has 1 aliphatic rings. The fourth-order valence-corrected chi connectivity index (χ4v) is 3.80. The first-order chi connectivity index (χ1) is 14.0. The van der Waals surface area contributed by atoms with E-state index in [1.165, 1.54) is 7.11 Å². The Morgan fingerprint density at radius 3 is 2.34 bits per heavy atom. The average Bonchev–Trinajstić information content (AvgIpc) is 2.73. The van der Waals surface area contributed by atoms with Crippen molar-refractivity contribution in [3.63, 3.8) is 0 Å². The lowest BCUT2D eigenvalue weighted by atomic mass is 9.97. The van der Waals surface area contributed by atoms with E-state index in [4.69, 9.17) is 9.47 Å². The van der Waals surface area contributed by atoms with Gasteiger partial charge in [0.05, 0.1) is 12.7 Å². The van der Waals surface area contributed by atoms with Gasteiger partial charge in [-0.05, 0) is 69.5 Å². The van der Waals surface area contributed by atoms with Gasteiger partial charge < -0.3 is 19.7 Å². The van der Waals surface area contributed by atoms with Gasteiger partial charge in [0.15, 0.2) is 6.61 Å². The van der Waals surface area contributed by atoms with Crippen molar-refractivity contribution in [2.75, 3.05) is 19.0 Å². The number of methoxy groups -OCH3 is 1. The smallest absolute Gasteiger partial charge is 0.260 e. The first-order valence-electron chi connectivity index (χ1n) is 9.98. The maximum atomic E-state index is 12.6. The Hall–Kier alpha value is -3.02. The van der Waals surface area contributed by atoms with Crippen molar-refractivity contribution in [3.8, 4) is 11.5 Å². The van der Waals surface area contributed by atoms with Crippen LogP contribution in [0.15, 0.2) is 48.5 Å². The summed E-state index contributed by atoms with van der Waals surface area (Å²) in [5.74, 6) is 0.869. The second kappa shape index (κ2) is 9.45. The molecule has 1 N–H and O–H groups in total. The van der Waals surface area contributed by atoms with Crippen molar-refractivity contribution in [2.24, 2.45) is 0 Å². The fourth-order valence-electron chi connectivity index (χ4n) is 3.80. The standard InChI is InChI=1S/C23H28N2O4/c1-16-7-6-8-17(2)25(16)22(26)15-29-19-13-11-18(12-14-19)24-23(27)20-9-4-5-10-21(20)28-3/h4-5,9-14,16-17H,6-8,15H2,1-3H3,(H,24,27)/t16-,17+. The van der Waals surface area contributed by atoms with Crippen molar-refractivity contribution >= 4 is 17.5 Å². The molecule has 2 amide bonds.